The van der Waals surface area contributed by atoms with Gasteiger partial charge < -0.3 is 15.2 Å². The van der Waals surface area contributed by atoms with Gasteiger partial charge in [-0.1, -0.05) is 40.2 Å². The highest BCUT2D eigenvalue weighted by Gasteiger charge is 2.47. The smallest absolute Gasteiger partial charge is 0.491 e. The van der Waals surface area contributed by atoms with E-state index >= 15 is 0 Å². The summed E-state index contributed by atoms with van der Waals surface area (Å²) in [5, 5.41) is 0. The van der Waals surface area contributed by atoms with Crippen molar-refractivity contribution in [3.8, 4) is 5.75 Å². The van der Waals surface area contributed by atoms with Crippen molar-refractivity contribution in [3.63, 3.8) is 0 Å². The van der Waals surface area contributed by atoms with Gasteiger partial charge in [-0.05, 0) is 35.4 Å². The summed E-state index contributed by atoms with van der Waals surface area (Å²) in [6.07, 6.45) is -5.33. The van der Waals surface area contributed by atoms with Crippen LogP contribution in [0.3, 0.4) is 0 Å². The Kier molecular flexibility index (Phi) is 5.72. The minimum Gasteiger partial charge on any atom is -0.497 e. The highest BCUT2D eigenvalue weighted by atomic mass is 79.9. The summed E-state index contributed by atoms with van der Waals surface area (Å²) in [7, 11) is 1.38. The Balaban J connectivity index is 2.58. The molecule has 0 bridgehead atoms. The molecule has 0 aliphatic rings. The SMILES string of the molecule is COc1cccc(C(N)(C(=O)OC(=O)C(F)(F)F)c2cccc(Br)c2)c1. The molecule has 2 aromatic carbocycles. The second-order valence-corrected chi connectivity index (χ2v) is 6.14. The summed E-state index contributed by atoms with van der Waals surface area (Å²) in [6, 6.07) is 11.9. The molecule has 9 heteroatoms. The van der Waals surface area contributed by atoms with Crippen molar-refractivity contribution in [2.45, 2.75) is 11.7 Å². The summed E-state index contributed by atoms with van der Waals surface area (Å²) in [6.45, 7) is 0. The second kappa shape index (κ2) is 7.46. The van der Waals surface area contributed by atoms with Crippen molar-refractivity contribution in [2.75, 3.05) is 7.11 Å². The van der Waals surface area contributed by atoms with E-state index in [4.69, 9.17) is 10.5 Å². The molecule has 0 radical (unpaired) electrons. The third-order valence-corrected chi connectivity index (χ3v) is 4.04. The molecule has 2 rings (SSSR count). The minimum atomic E-state index is -5.33. The third kappa shape index (κ3) is 4.05. The van der Waals surface area contributed by atoms with Crippen molar-refractivity contribution < 1.29 is 32.2 Å². The lowest BCUT2D eigenvalue weighted by Gasteiger charge is -2.28. The number of hydrogen-bond acceptors (Lipinski definition) is 5. The van der Waals surface area contributed by atoms with Gasteiger partial charge in [0.15, 0.2) is 5.54 Å². The van der Waals surface area contributed by atoms with Crippen LogP contribution in [-0.4, -0.2) is 25.2 Å². The number of methoxy groups -OCH3 is 1. The van der Waals surface area contributed by atoms with E-state index in [0.29, 0.717) is 10.2 Å². The Morgan fingerprint density at radius 2 is 1.58 bits per heavy atom. The van der Waals surface area contributed by atoms with Crippen LogP contribution in [0.2, 0.25) is 0 Å². The fourth-order valence-corrected chi connectivity index (χ4v) is 2.63. The van der Waals surface area contributed by atoms with Crippen molar-refractivity contribution in [2.24, 2.45) is 5.73 Å². The average Bonchev–Trinajstić information content (AvgIpc) is 2.60. The van der Waals surface area contributed by atoms with Crippen LogP contribution in [0.1, 0.15) is 11.1 Å². The van der Waals surface area contributed by atoms with Crippen molar-refractivity contribution >= 4 is 27.9 Å². The van der Waals surface area contributed by atoms with Crippen molar-refractivity contribution in [1.82, 2.24) is 0 Å². The van der Waals surface area contributed by atoms with Gasteiger partial charge in [-0.15, -0.1) is 0 Å². The highest BCUT2D eigenvalue weighted by molar-refractivity contribution is 9.10. The molecule has 1 atom stereocenters. The van der Waals surface area contributed by atoms with Crippen LogP contribution in [0.25, 0.3) is 0 Å². The molecule has 1 unspecified atom stereocenters. The summed E-state index contributed by atoms with van der Waals surface area (Å²) < 4.78 is 47.1. The van der Waals surface area contributed by atoms with E-state index in [1.807, 2.05) is 0 Å². The monoisotopic (exact) mass is 431 g/mol. The Morgan fingerprint density at radius 1 is 1.00 bits per heavy atom. The molecule has 0 fully saturated rings. The number of alkyl halides is 3. The van der Waals surface area contributed by atoms with Crippen molar-refractivity contribution in [3.05, 3.63) is 64.1 Å². The quantitative estimate of drug-likeness (QED) is 0.593. The van der Waals surface area contributed by atoms with Gasteiger partial charge >= 0.3 is 18.1 Å². The first-order chi connectivity index (χ1) is 12.1. The number of rotatable bonds is 4. The largest absolute Gasteiger partial charge is 0.497 e. The van der Waals surface area contributed by atoms with Crippen LogP contribution in [0.15, 0.2) is 53.0 Å². The summed E-state index contributed by atoms with van der Waals surface area (Å²) in [4.78, 5) is 23.6. The number of ether oxygens (including phenoxy) is 2. The maximum Gasteiger partial charge on any atom is 0.491 e. The Morgan fingerprint density at radius 3 is 2.12 bits per heavy atom. The molecule has 0 aliphatic heterocycles. The number of hydrogen-bond donors (Lipinski definition) is 1. The number of carbonyl (C=O) groups is 2. The topological polar surface area (TPSA) is 78.6 Å². The molecular weight excluding hydrogens is 419 g/mol. The zero-order valence-corrected chi connectivity index (χ0v) is 14.9. The Bertz CT molecular complexity index is 841. The molecule has 0 saturated carbocycles. The maximum absolute atomic E-state index is 12.5. The fraction of sp³-hybridized carbons (Fsp3) is 0.176. The van der Waals surface area contributed by atoms with Gasteiger partial charge in [-0.2, -0.15) is 13.2 Å². The lowest BCUT2D eigenvalue weighted by atomic mass is 9.83. The number of benzene rings is 2. The van der Waals surface area contributed by atoms with Gasteiger partial charge in [0.1, 0.15) is 5.75 Å². The van der Waals surface area contributed by atoms with E-state index in [-0.39, 0.29) is 11.1 Å². The van der Waals surface area contributed by atoms with E-state index < -0.39 is 23.7 Å². The average molecular weight is 432 g/mol. The minimum absolute atomic E-state index is 0.0925. The molecule has 0 spiro atoms. The van der Waals surface area contributed by atoms with Crippen molar-refractivity contribution in [1.29, 1.82) is 0 Å². The summed E-state index contributed by atoms with van der Waals surface area (Å²) in [5.74, 6) is -3.89. The lowest BCUT2D eigenvalue weighted by Crippen LogP contribution is -2.49. The maximum atomic E-state index is 12.5. The summed E-state index contributed by atoms with van der Waals surface area (Å²) >= 11 is 3.21. The van der Waals surface area contributed by atoms with Gasteiger partial charge in [0, 0.05) is 4.47 Å². The predicted molar refractivity (Wildman–Crippen MR) is 89.3 cm³/mol. The molecule has 2 N–H and O–H groups in total. The molecule has 26 heavy (non-hydrogen) atoms. The first kappa shape index (κ1) is 19.9. The number of esters is 2. The highest BCUT2D eigenvalue weighted by Crippen LogP contribution is 2.33. The van der Waals surface area contributed by atoms with E-state index in [1.165, 1.54) is 37.4 Å². The first-order valence-electron chi connectivity index (χ1n) is 7.12. The van der Waals surface area contributed by atoms with Gasteiger partial charge in [0.05, 0.1) is 7.11 Å². The van der Waals surface area contributed by atoms with Gasteiger partial charge in [0.2, 0.25) is 0 Å². The molecule has 5 nitrogen and oxygen atoms in total. The molecule has 0 aromatic heterocycles. The van der Waals surface area contributed by atoms with Crippen LogP contribution in [0, 0.1) is 0 Å². The molecule has 2 aromatic rings. The van der Waals surface area contributed by atoms with E-state index in [0.717, 1.165) is 0 Å². The van der Waals surface area contributed by atoms with Crippen LogP contribution in [0.5, 0.6) is 5.75 Å². The second-order valence-electron chi connectivity index (χ2n) is 5.23. The zero-order chi connectivity index (χ0) is 19.5. The van der Waals surface area contributed by atoms with E-state index in [9.17, 15) is 22.8 Å². The van der Waals surface area contributed by atoms with Crippen LogP contribution in [-0.2, 0) is 19.9 Å². The normalized spacial score (nSPS) is 13.6. The molecule has 0 aliphatic carbocycles. The Labute approximate surface area is 155 Å². The standard InChI is InChI=1S/C17H13BrF3NO4/c1-25-13-7-3-5-11(9-13)16(22,10-4-2-6-12(18)8-10)14(23)26-15(24)17(19,20)21/h2-9H,22H2,1H3. The number of nitrogens with two attached hydrogens (primary N) is 1. The first-order valence-corrected chi connectivity index (χ1v) is 7.91. The molecule has 138 valence electrons. The fourth-order valence-electron chi connectivity index (χ4n) is 2.23. The molecule has 0 heterocycles. The van der Waals surface area contributed by atoms with Crippen LogP contribution >= 0.6 is 15.9 Å². The lowest BCUT2D eigenvalue weighted by molar-refractivity contribution is -0.203. The number of carbonyl (C=O) groups excluding carboxylic acids is 2. The van der Waals surface area contributed by atoms with Crippen LogP contribution in [0.4, 0.5) is 13.2 Å². The molecule has 0 saturated heterocycles. The molecular formula is C17H13BrF3NO4. The molecule has 0 amide bonds. The van der Waals surface area contributed by atoms with Gasteiger partial charge in [0.25, 0.3) is 0 Å². The van der Waals surface area contributed by atoms with E-state index in [1.54, 1.807) is 18.2 Å². The number of halogens is 4. The summed E-state index contributed by atoms with van der Waals surface area (Å²) in [5.41, 5.74) is 4.25. The zero-order valence-electron chi connectivity index (χ0n) is 13.3. The van der Waals surface area contributed by atoms with Gasteiger partial charge in [-0.25, -0.2) is 9.59 Å². The Hall–Kier alpha value is -2.39. The van der Waals surface area contributed by atoms with E-state index in [2.05, 4.69) is 20.7 Å². The predicted octanol–water partition coefficient (Wildman–Crippen LogP) is 3.29. The van der Waals surface area contributed by atoms with Crippen LogP contribution < -0.4 is 10.5 Å². The third-order valence-electron chi connectivity index (χ3n) is 3.54. The van der Waals surface area contributed by atoms with Gasteiger partial charge in [-0.3, -0.25) is 0 Å².